The zero-order valence-electron chi connectivity index (χ0n) is 7.57. The SMILES string of the molecule is NC1CCC(NCc2cocn2)C1. The van der Waals surface area contributed by atoms with Crippen LogP contribution in [-0.2, 0) is 6.54 Å². The van der Waals surface area contributed by atoms with Gasteiger partial charge in [-0.3, -0.25) is 0 Å². The highest BCUT2D eigenvalue weighted by Crippen LogP contribution is 2.17. The van der Waals surface area contributed by atoms with Crippen molar-refractivity contribution in [1.82, 2.24) is 10.3 Å². The summed E-state index contributed by atoms with van der Waals surface area (Å²) in [6, 6.07) is 0.946. The molecule has 13 heavy (non-hydrogen) atoms. The molecule has 1 aromatic rings. The highest BCUT2D eigenvalue weighted by atomic mass is 16.3. The van der Waals surface area contributed by atoms with Gasteiger partial charge in [0.1, 0.15) is 6.26 Å². The van der Waals surface area contributed by atoms with Gasteiger partial charge < -0.3 is 15.5 Å². The summed E-state index contributed by atoms with van der Waals surface area (Å²) in [5.41, 5.74) is 6.76. The normalized spacial score (nSPS) is 28.1. The Balaban J connectivity index is 1.74. The minimum absolute atomic E-state index is 0.384. The molecule has 72 valence electrons. The minimum atomic E-state index is 0.384. The standard InChI is InChI=1S/C9H15N3O/c10-7-1-2-8(3-7)11-4-9-5-13-6-12-9/h5-8,11H,1-4,10H2. The van der Waals surface area contributed by atoms with E-state index in [9.17, 15) is 0 Å². The molecule has 1 heterocycles. The molecule has 0 bridgehead atoms. The lowest BCUT2D eigenvalue weighted by molar-refractivity contribution is 0.509. The molecule has 0 amide bonds. The molecular weight excluding hydrogens is 166 g/mol. The van der Waals surface area contributed by atoms with Crippen molar-refractivity contribution in [2.24, 2.45) is 5.73 Å². The van der Waals surface area contributed by atoms with E-state index in [1.165, 1.54) is 12.8 Å². The monoisotopic (exact) mass is 181 g/mol. The van der Waals surface area contributed by atoms with Crippen LogP contribution in [0.3, 0.4) is 0 Å². The molecule has 4 heteroatoms. The smallest absolute Gasteiger partial charge is 0.180 e. The van der Waals surface area contributed by atoms with Crippen molar-refractivity contribution in [3.8, 4) is 0 Å². The first-order valence-corrected chi connectivity index (χ1v) is 4.70. The van der Waals surface area contributed by atoms with Crippen LogP contribution in [0.25, 0.3) is 0 Å². The number of rotatable bonds is 3. The Bertz CT molecular complexity index is 247. The Labute approximate surface area is 77.5 Å². The van der Waals surface area contributed by atoms with Gasteiger partial charge in [0.2, 0.25) is 0 Å². The minimum Gasteiger partial charge on any atom is -0.451 e. The van der Waals surface area contributed by atoms with Gasteiger partial charge in [-0.1, -0.05) is 0 Å². The molecule has 0 aromatic carbocycles. The maximum absolute atomic E-state index is 5.80. The highest BCUT2D eigenvalue weighted by Gasteiger charge is 2.20. The second-order valence-corrected chi connectivity index (χ2v) is 3.63. The van der Waals surface area contributed by atoms with Crippen molar-refractivity contribution >= 4 is 0 Å². The quantitative estimate of drug-likeness (QED) is 0.718. The first kappa shape index (κ1) is 8.72. The largest absolute Gasteiger partial charge is 0.451 e. The number of oxazole rings is 1. The molecule has 0 radical (unpaired) electrons. The first-order valence-electron chi connectivity index (χ1n) is 4.70. The van der Waals surface area contributed by atoms with Gasteiger partial charge in [0.15, 0.2) is 6.39 Å². The van der Waals surface area contributed by atoms with Crippen LogP contribution in [0.2, 0.25) is 0 Å². The lowest BCUT2D eigenvalue weighted by Gasteiger charge is -2.09. The first-order chi connectivity index (χ1) is 6.34. The Morgan fingerprint density at radius 1 is 1.62 bits per heavy atom. The van der Waals surface area contributed by atoms with Crippen LogP contribution < -0.4 is 11.1 Å². The van der Waals surface area contributed by atoms with Crippen LogP contribution in [-0.4, -0.2) is 17.1 Å². The van der Waals surface area contributed by atoms with E-state index in [1.807, 2.05) is 0 Å². The second kappa shape index (κ2) is 3.89. The molecule has 1 aliphatic rings. The fourth-order valence-corrected chi connectivity index (χ4v) is 1.78. The average Bonchev–Trinajstić information content (AvgIpc) is 2.71. The molecule has 1 saturated carbocycles. The lowest BCUT2D eigenvalue weighted by Crippen LogP contribution is -2.28. The third-order valence-corrected chi connectivity index (χ3v) is 2.53. The summed E-state index contributed by atoms with van der Waals surface area (Å²) in [7, 11) is 0. The summed E-state index contributed by atoms with van der Waals surface area (Å²) < 4.78 is 4.88. The molecule has 1 fully saturated rings. The second-order valence-electron chi connectivity index (χ2n) is 3.63. The van der Waals surface area contributed by atoms with Gasteiger partial charge in [-0.2, -0.15) is 0 Å². The number of nitrogens with one attached hydrogen (secondary N) is 1. The van der Waals surface area contributed by atoms with E-state index in [0.29, 0.717) is 12.1 Å². The van der Waals surface area contributed by atoms with E-state index in [1.54, 1.807) is 6.26 Å². The molecule has 0 saturated heterocycles. The van der Waals surface area contributed by atoms with Crippen LogP contribution in [0.15, 0.2) is 17.1 Å². The number of hydrogen-bond donors (Lipinski definition) is 2. The third kappa shape index (κ3) is 2.29. The molecule has 1 aromatic heterocycles. The molecule has 2 atom stereocenters. The van der Waals surface area contributed by atoms with Crippen molar-refractivity contribution in [1.29, 1.82) is 0 Å². The summed E-state index contributed by atoms with van der Waals surface area (Å²) in [4.78, 5) is 4.04. The molecule has 4 nitrogen and oxygen atoms in total. The topological polar surface area (TPSA) is 64.1 Å². The van der Waals surface area contributed by atoms with Crippen LogP contribution in [0, 0.1) is 0 Å². The Hall–Kier alpha value is -0.870. The van der Waals surface area contributed by atoms with E-state index in [-0.39, 0.29) is 0 Å². The number of hydrogen-bond acceptors (Lipinski definition) is 4. The molecule has 0 spiro atoms. The summed E-state index contributed by atoms with van der Waals surface area (Å²) in [6.07, 6.45) is 6.52. The van der Waals surface area contributed by atoms with Crippen molar-refractivity contribution in [2.75, 3.05) is 0 Å². The van der Waals surface area contributed by atoms with Gasteiger partial charge in [0, 0.05) is 18.6 Å². The van der Waals surface area contributed by atoms with Gasteiger partial charge in [0.25, 0.3) is 0 Å². The number of nitrogens with zero attached hydrogens (tertiary/aromatic N) is 1. The van der Waals surface area contributed by atoms with Gasteiger partial charge in [-0.05, 0) is 19.3 Å². The predicted octanol–water partition coefficient (Wildman–Crippen LogP) is 0.644. The van der Waals surface area contributed by atoms with Crippen molar-refractivity contribution < 1.29 is 4.42 Å². The molecule has 0 aliphatic heterocycles. The third-order valence-electron chi connectivity index (χ3n) is 2.53. The van der Waals surface area contributed by atoms with E-state index >= 15 is 0 Å². The van der Waals surface area contributed by atoms with E-state index < -0.39 is 0 Å². The van der Waals surface area contributed by atoms with E-state index in [0.717, 1.165) is 25.1 Å². The van der Waals surface area contributed by atoms with Crippen molar-refractivity contribution in [2.45, 2.75) is 37.9 Å². The Morgan fingerprint density at radius 3 is 3.15 bits per heavy atom. The summed E-state index contributed by atoms with van der Waals surface area (Å²) in [6.45, 7) is 0.786. The number of nitrogens with two attached hydrogens (primary N) is 1. The highest BCUT2D eigenvalue weighted by molar-refractivity contribution is 4.92. The predicted molar refractivity (Wildman–Crippen MR) is 49.0 cm³/mol. The van der Waals surface area contributed by atoms with Crippen LogP contribution in [0.5, 0.6) is 0 Å². The van der Waals surface area contributed by atoms with E-state index in [4.69, 9.17) is 10.2 Å². The van der Waals surface area contributed by atoms with E-state index in [2.05, 4.69) is 10.3 Å². The van der Waals surface area contributed by atoms with Crippen LogP contribution in [0.1, 0.15) is 25.0 Å². The fourth-order valence-electron chi connectivity index (χ4n) is 1.78. The zero-order chi connectivity index (χ0) is 9.10. The summed E-state index contributed by atoms with van der Waals surface area (Å²) in [5.74, 6) is 0. The molecule has 3 N–H and O–H groups in total. The fraction of sp³-hybridized carbons (Fsp3) is 0.667. The average molecular weight is 181 g/mol. The number of aromatic nitrogens is 1. The van der Waals surface area contributed by atoms with Crippen molar-refractivity contribution in [3.63, 3.8) is 0 Å². The van der Waals surface area contributed by atoms with Crippen LogP contribution >= 0.6 is 0 Å². The summed E-state index contributed by atoms with van der Waals surface area (Å²) in [5, 5.41) is 3.41. The Morgan fingerprint density at radius 2 is 2.54 bits per heavy atom. The Kier molecular flexibility index (Phi) is 2.61. The van der Waals surface area contributed by atoms with Crippen molar-refractivity contribution in [3.05, 3.63) is 18.4 Å². The van der Waals surface area contributed by atoms with Gasteiger partial charge in [0.05, 0.1) is 5.69 Å². The molecule has 1 aliphatic carbocycles. The molecule has 2 unspecified atom stereocenters. The summed E-state index contributed by atoms with van der Waals surface area (Å²) >= 11 is 0. The van der Waals surface area contributed by atoms with Gasteiger partial charge in [-0.25, -0.2) is 4.98 Å². The maximum Gasteiger partial charge on any atom is 0.180 e. The molecular formula is C9H15N3O. The molecule has 2 rings (SSSR count). The maximum atomic E-state index is 5.80. The van der Waals surface area contributed by atoms with Gasteiger partial charge >= 0.3 is 0 Å². The lowest BCUT2D eigenvalue weighted by atomic mass is 10.2. The zero-order valence-corrected chi connectivity index (χ0v) is 7.57. The van der Waals surface area contributed by atoms with Gasteiger partial charge in [-0.15, -0.1) is 0 Å². The van der Waals surface area contributed by atoms with Crippen LogP contribution in [0.4, 0.5) is 0 Å².